The van der Waals surface area contributed by atoms with E-state index in [0.717, 1.165) is 12.8 Å². The van der Waals surface area contributed by atoms with Crippen LogP contribution in [-0.2, 0) is 44.6 Å². The third-order valence-electron chi connectivity index (χ3n) is 7.41. The average Bonchev–Trinajstić information content (AvgIpc) is 3.88. The van der Waals surface area contributed by atoms with Gasteiger partial charge < -0.3 is 6.92 Å². The van der Waals surface area contributed by atoms with Crippen LogP contribution in [0.15, 0.2) is 188 Å². The molecule has 0 bridgehead atoms. The molecule has 0 radical (unpaired) electrons. The van der Waals surface area contributed by atoms with Crippen LogP contribution in [0.4, 0.5) is 0 Å². The molecule has 0 saturated heterocycles. The largest absolute Gasteiger partial charge is 1.00 e. The summed E-state index contributed by atoms with van der Waals surface area (Å²) < 4.78 is 58.3. The van der Waals surface area contributed by atoms with Gasteiger partial charge in [-0.15, -0.1) is 0 Å². The SMILES string of the molecule is C.C.C.C.C.C.C.C.C1CCCC1.CCC.CCc1ccccc1.CCc1ccccc1.O=S(=O)(O)Cc1ccccc1.O=S(=O)(O)Cc1ccccc1.[CH2-]C.[Li+].[Li+].[c-]1ccccc1.c1ccccc1. The van der Waals surface area contributed by atoms with Crippen LogP contribution in [0, 0.1) is 13.0 Å². The maximum absolute atomic E-state index is 10.4. The topological polar surface area (TPSA) is 109 Å². The fraction of sp³-hybridized carbons (Fsp3) is 0.383. The number of benzene rings is 6. The third-order valence-corrected chi connectivity index (χ3v) is 8.81. The molecular weight excluding hydrogens is 895 g/mol. The number of hydrogen-bond donors (Lipinski definition) is 2. The van der Waals surface area contributed by atoms with Gasteiger partial charge >= 0.3 is 37.7 Å². The van der Waals surface area contributed by atoms with Crippen molar-refractivity contribution in [2.75, 3.05) is 0 Å². The zero-order valence-corrected chi connectivity index (χ0v) is 40.2. The van der Waals surface area contributed by atoms with Crippen molar-refractivity contribution in [3.8, 4) is 0 Å². The molecule has 1 aliphatic carbocycles. The van der Waals surface area contributed by atoms with E-state index in [-0.39, 0.29) is 109 Å². The van der Waals surface area contributed by atoms with Gasteiger partial charge in [-0.2, -0.15) is 60.2 Å². The van der Waals surface area contributed by atoms with Gasteiger partial charge in [0.15, 0.2) is 0 Å². The fourth-order valence-corrected chi connectivity index (χ4v) is 5.84. The molecule has 2 N–H and O–H groups in total. The Kier molecular flexibility index (Phi) is 95.4. The number of rotatable bonds is 6. The summed E-state index contributed by atoms with van der Waals surface area (Å²) in [5.41, 5.74) is 4.00. The number of hydrogen-bond acceptors (Lipinski definition) is 4. The van der Waals surface area contributed by atoms with Crippen molar-refractivity contribution >= 4 is 20.2 Å². The summed E-state index contributed by atoms with van der Waals surface area (Å²) in [4.78, 5) is 0. The Morgan fingerprint density at radius 1 is 0.371 bits per heavy atom. The van der Waals surface area contributed by atoms with Gasteiger partial charge in [-0.1, -0.05) is 283 Å². The predicted octanol–water partition coefficient (Wildman–Crippen LogP) is 13.1. The molecule has 0 spiro atoms. The molecule has 1 saturated carbocycles. The molecule has 6 aromatic rings. The van der Waals surface area contributed by atoms with Gasteiger partial charge in [0.25, 0.3) is 20.2 Å². The quantitative estimate of drug-likeness (QED) is 0.0977. The van der Waals surface area contributed by atoms with E-state index >= 15 is 0 Å². The van der Waals surface area contributed by atoms with Crippen molar-refractivity contribution in [3.05, 3.63) is 223 Å². The first-order valence-corrected chi connectivity index (χ1v) is 23.8. The standard InChI is InChI=1S/2C8H10.2C7H8O3S.C6H6.C6H5.C5H10.C3H8.C2H5.8CH4.2Li/c2*1-2-8-6-4-3-5-7-8;2*8-11(9,10)6-7-4-2-1-3-5-7;2*1-2-4-6-5-3-1;1-2-4-5-3-1;1-3-2;1-2;;;;;;;;;;/h2*3-7H,2H2,1H3;2*1-5H,6H2,(H,8,9,10);1-6H;1-5H;1-5H2;3H2,1-2H3;1H2,2H3;8*1H4;;/q;;;;;-1;;;-1;;;;;;;;;2*+1. The summed E-state index contributed by atoms with van der Waals surface area (Å²) in [6, 6.07) is 62.5. The Labute approximate surface area is 460 Å². The van der Waals surface area contributed by atoms with Crippen molar-refractivity contribution in [2.45, 2.75) is 157 Å². The summed E-state index contributed by atoms with van der Waals surface area (Å²) in [5.74, 6) is -0.623. The Hall–Kier alpha value is -3.67. The van der Waals surface area contributed by atoms with Gasteiger partial charge in [-0.3, -0.25) is 9.11 Å². The van der Waals surface area contributed by atoms with Crippen LogP contribution in [0.3, 0.4) is 0 Å². The van der Waals surface area contributed by atoms with Crippen LogP contribution in [0.5, 0.6) is 0 Å². The molecule has 0 unspecified atom stereocenters. The predicted molar refractivity (Wildman–Crippen MR) is 311 cm³/mol. The van der Waals surface area contributed by atoms with E-state index in [1.54, 1.807) is 67.6 Å². The van der Waals surface area contributed by atoms with Crippen LogP contribution < -0.4 is 37.7 Å². The Balaban J connectivity index is -0.0000000545. The zero-order valence-electron chi connectivity index (χ0n) is 38.5. The smallest absolute Gasteiger partial charge is 0.346 e. The molecule has 1 aliphatic rings. The van der Waals surface area contributed by atoms with Gasteiger partial charge in [0.1, 0.15) is 11.5 Å². The van der Waals surface area contributed by atoms with E-state index in [1.165, 1.54) is 49.7 Å². The van der Waals surface area contributed by atoms with E-state index in [4.69, 9.17) is 9.11 Å². The molecule has 7 rings (SSSR count). The molecule has 6 aromatic carbocycles. The summed E-state index contributed by atoms with van der Waals surface area (Å²) in [6.07, 6.45) is 11.0. The summed E-state index contributed by atoms with van der Waals surface area (Å²) in [5, 5.41) is 0. The Morgan fingerprint density at radius 2 is 0.543 bits per heavy atom. The van der Waals surface area contributed by atoms with Crippen LogP contribution in [0.1, 0.15) is 155 Å². The van der Waals surface area contributed by atoms with Crippen molar-refractivity contribution < 1.29 is 63.7 Å². The first kappa shape index (κ1) is 95.9. The van der Waals surface area contributed by atoms with Crippen molar-refractivity contribution in [1.82, 2.24) is 0 Å². The van der Waals surface area contributed by atoms with E-state index in [9.17, 15) is 16.8 Å². The summed E-state index contributed by atoms with van der Waals surface area (Å²) in [7, 11) is -7.75. The minimum absolute atomic E-state index is 0. The van der Waals surface area contributed by atoms with Crippen LogP contribution in [-0.4, -0.2) is 25.9 Å². The summed E-state index contributed by atoms with van der Waals surface area (Å²) >= 11 is 0. The fourth-order valence-electron chi connectivity index (χ4n) is 4.61. The van der Waals surface area contributed by atoms with E-state index < -0.39 is 20.2 Å². The zero-order chi connectivity index (χ0) is 45.0. The average molecular weight is 997 g/mol. The normalized spacial score (nSPS) is 9.09. The molecule has 1 fully saturated rings. The van der Waals surface area contributed by atoms with Gasteiger partial charge in [0.05, 0.1) is 0 Å². The maximum Gasteiger partial charge on any atom is 1.00 e. The van der Waals surface area contributed by atoms with Gasteiger partial charge in [-0.25, -0.2) is 0 Å². The first-order valence-electron chi connectivity index (χ1n) is 20.6. The Morgan fingerprint density at radius 3 is 0.671 bits per heavy atom. The second-order valence-corrected chi connectivity index (χ2v) is 15.7. The second-order valence-electron chi connectivity index (χ2n) is 12.8. The third kappa shape index (κ3) is 73.3. The minimum atomic E-state index is -3.88. The van der Waals surface area contributed by atoms with Crippen molar-refractivity contribution in [2.24, 2.45) is 0 Å². The van der Waals surface area contributed by atoms with Gasteiger partial charge in [0, 0.05) is 0 Å². The molecule has 0 heterocycles. The molecule has 6 nitrogen and oxygen atoms in total. The van der Waals surface area contributed by atoms with E-state index in [1.807, 2.05) is 78.9 Å². The van der Waals surface area contributed by atoms with Crippen LogP contribution in [0.2, 0.25) is 0 Å². The maximum atomic E-state index is 10.4. The van der Waals surface area contributed by atoms with Crippen molar-refractivity contribution in [3.63, 3.8) is 0 Å². The minimum Gasteiger partial charge on any atom is -0.346 e. The first-order chi connectivity index (χ1) is 28.9. The Bertz CT molecular complexity index is 1740. The second kappa shape index (κ2) is 69.6. The van der Waals surface area contributed by atoms with E-state index in [2.05, 4.69) is 89.2 Å². The monoisotopic (exact) mass is 997 g/mol. The van der Waals surface area contributed by atoms with Gasteiger partial charge in [-0.05, 0) is 35.1 Å². The van der Waals surface area contributed by atoms with Gasteiger partial charge in [0.2, 0.25) is 0 Å². The van der Waals surface area contributed by atoms with Crippen LogP contribution in [0.25, 0.3) is 0 Å². The molecule has 0 aliphatic heterocycles. The van der Waals surface area contributed by atoms with E-state index in [0.29, 0.717) is 11.1 Å². The molecule has 392 valence electrons. The molecule has 10 heteroatoms. The molecule has 0 aromatic heterocycles. The molecular formula is C60H102Li2O6S2. The number of aryl methyl sites for hydroxylation is 2. The van der Waals surface area contributed by atoms with Crippen molar-refractivity contribution in [1.29, 1.82) is 0 Å². The molecule has 70 heavy (non-hydrogen) atoms. The molecule has 0 amide bonds. The summed E-state index contributed by atoms with van der Waals surface area (Å²) in [6.45, 7) is 13.6. The van der Waals surface area contributed by atoms with Crippen LogP contribution >= 0.6 is 0 Å². The molecule has 0 atom stereocenters.